The fourth-order valence-electron chi connectivity index (χ4n) is 3.24. The van der Waals surface area contributed by atoms with Gasteiger partial charge < -0.3 is 19.9 Å². The number of amides is 1. The number of rotatable bonds is 7. The Balaban J connectivity index is 1.51. The van der Waals surface area contributed by atoms with Gasteiger partial charge in [-0.2, -0.15) is 4.31 Å². The summed E-state index contributed by atoms with van der Waals surface area (Å²) in [6.07, 6.45) is 0.329. The van der Waals surface area contributed by atoms with Crippen molar-refractivity contribution in [2.75, 3.05) is 20.2 Å². The largest absolute Gasteiger partial charge is 0.508 e. The van der Waals surface area contributed by atoms with E-state index in [0.29, 0.717) is 37.4 Å². The molecule has 1 fully saturated rings. The Labute approximate surface area is 176 Å². The van der Waals surface area contributed by atoms with Crippen LogP contribution in [-0.2, 0) is 14.8 Å². The SMILES string of the molecule is COc1ccc(S(=O)(=O)N2CCC(NC(=O)C(C)Oc3ccc(O)cc3)CC2)cc1. The Morgan fingerprint density at radius 2 is 1.63 bits per heavy atom. The van der Waals surface area contributed by atoms with Gasteiger partial charge in [0.05, 0.1) is 12.0 Å². The third kappa shape index (κ3) is 5.22. The van der Waals surface area contributed by atoms with Gasteiger partial charge in [-0.3, -0.25) is 4.79 Å². The molecule has 9 heteroatoms. The molecule has 8 nitrogen and oxygen atoms in total. The number of benzene rings is 2. The molecule has 0 spiro atoms. The van der Waals surface area contributed by atoms with Crippen LogP contribution in [0.15, 0.2) is 53.4 Å². The van der Waals surface area contributed by atoms with Crippen molar-refractivity contribution in [3.8, 4) is 17.2 Å². The molecule has 0 radical (unpaired) electrons. The lowest BCUT2D eigenvalue weighted by Gasteiger charge is -2.32. The molecule has 1 atom stereocenters. The Morgan fingerprint density at radius 3 is 2.20 bits per heavy atom. The quantitative estimate of drug-likeness (QED) is 0.692. The molecule has 3 rings (SSSR count). The number of hydrogen-bond acceptors (Lipinski definition) is 6. The molecular formula is C21H26N2O6S. The van der Waals surface area contributed by atoms with Crippen LogP contribution in [0.2, 0.25) is 0 Å². The van der Waals surface area contributed by atoms with Crippen molar-refractivity contribution in [2.45, 2.75) is 36.8 Å². The van der Waals surface area contributed by atoms with Gasteiger partial charge in [-0.25, -0.2) is 8.42 Å². The van der Waals surface area contributed by atoms with Crippen LogP contribution in [0, 0.1) is 0 Å². The van der Waals surface area contributed by atoms with Crippen molar-refractivity contribution in [1.29, 1.82) is 0 Å². The van der Waals surface area contributed by atoms with Gasteiger partial charge in [0.15, 0.2) is 6.10 Å². The monoisotopic (exact) mass is 434 g/mol. The first-order chi connectivity index (χ1) is 14.3. The third-order valence-electron chi connectivity index (χ3n) is 5.02. The minimum atomic E-state index is -3.58. The maximum absolute atomic E-state index is 12.8. The summed E-state index contributed by atoms with van der Waals surface area (Å²) in [5, 5.41) is 12.2. The van der Waals surface area contributed by atoms with Gasteiger partial charge in [-0.15, -0.1) is 0 Å². The van der Waals surface area contributed by atoms with Crippen LogP contribution in [0.1, 0.15) is 19.8 Å². The first-order valence-corrected chi connectivity index (χ1v) is 11.1. The van der Waals surface area contributed by atoms with Crippen molar-refractivity contribution in [3.05, 3.63) is 48.5 Å². The van der Waals surface area contributed by atoms with Crippen LogP contribution >= 0.6 is 0 Å². The van der Waals surface area contributed by atoms with E-state index >= 15 is 0 Å². The molecule has 1 amide bonds. The minimum Gasteiger partial charge on any atom is -0.508 e. The van der Waals surface area contributed by atoms with E-state index in [1.165, 1.54) is 35.7 Å². The molecule has 0 aromatic heterocycles. The van der Waals surface area contributed by atoms with Crippen LogP contribution in [-0.4, -0.2) is 56.1 Å². The average Bonchev–Trinajstić information content (AvgIpc) is 2.75. The zero-order valence-electron chi connectivity index (χ0n) is 16.9. The highest BCUT2D eigenvalue weighted by atomic mass is 32.2. The summed E-state index contributed by atoms with van der Waals surface area (Å²) < 4.78 is 37.7. The zero-order valence-corrected chi connectivity index (χ0v) is 17.8. The summed E-state index contributed by atoms with van der Waals surface area (Å²) in [5.41, 5.74) is 0. The summed E-state index contributed by atoms with van der Waals surface area (Å²) in [4.78, 5) is 12.6. The minimum absolute atomic E-state index is 0.120. The number of hydrogen-bond donors (Lipinski definition) is 2. The van der Waals surface area contributed by atoms with Gasteiger partial charge in [0.1, 0.15) is 17.2 Å². The highest BCUT2D eigenvalue weighted by Gasteiger charge is 2.30. The zero-order chi connectivity index (χ0) is 21.7. The lowest BCUT2D eigenvalue weighted by Crippen LogP contribution is -2.49. The second kappa shape index (κ2) is 9.36. The van der Waals surface area contributed by atoms with E-state index < -0.39 is 16.1 Å². The molecule has 1 heterocycles. The van der Waals surface area contributed by atoms with Gasteiger partial charge >= 0.3 is 0 Å². The Bertz CT molecular complexity index is 952. The number of phenols is 1. The van der Waals surface area contributed by atoms with E-state index in [4.69, 9.17) is 9.47 Å². The number of ether oxygens (including phenoxy) is 2. The molecule has 1 saturated heterocycles. The number of methoxy groups -OCH3 is 1. The maximum Gasteiger partial charge on any atom is 0.260 e. The van der Waals surface area contributed by atoms with Crippen molar-refractivity contribution < 1.29 is 27.8 Å². The van der Waals surface area contributed by atoms with Gasteiger partial charge in [0.2, 0.25) is 10.0 Å². The fraction of sp³-hybridized carbons (Fsp3) is 0.381. The second-order valence-electron chi connectivity index (χ2n) is 7.12. The molecule has 2 aromatic rings. The second-order valence-corrected chi connectivity index (χ2v) is 9.05. The average molecular weight is 435 g/mol. The first-order valence-electron chi connectivity index (χ1n) is 9.70. The van der Waals surface area contributed by atoms with Gasteiger partial charge in [0, 0.05) is 19.1 Å². The van der Waals surface area contributed by atoms with Gasteiger partial charge in [-0.05, 0) is 68.3 Å². The van der Waals surface area contributed by atoms with Crippen molar-refractivity contribution >= 4 is 15.9 Å². The standard InChI is InChI=1S/C21H26N2O6S/c1-15(29-19-5-3-17(24)4-6-19)21(25)22-16-11-13-23(14-12-16)30(26,27)20-9-7-18(28-2)8-10-20/h3-10,15-16,24H,11-14H2,1-2H3,(H,22,25). The smallest absolute Gasteiger partial charge is 0.260 e. The number of nitrogens with zero attached hydrogens (tertiary/aromatic N) is 1. The lowest BCUT2D eigenvalue weighted by molar-refractivity contribution is -0.128. The normalized spacial score (nSPS) is 16.6. The first kappa shape index (κ1) is 21.9. The number of carbonyl (C=O) groups excluding carboxylic acids is 1. The Hall–Kier alpha value is -2.78. The van der Waals surface area contributed by atoms with Crippen LogP contribution in [0.25, 0.3) is 0 Å². The summed E-state index contributed by atoms with van der Waals surface area (Å²) >= 11 is 0. The number of phenolic OH excluding ortho intramolecular Hbond substituents is 1. The Morgan fingerprint density at radius 1 is 1.07 bits per heavy atom. The molecule has 162 valence electrons. The van der Waals surface area contributed by atoms with E-state index in [-0.39, 0.29) is 22.6 Å². The predicted molar refractivity (Wildman–Crippen MR) is 111 cm³/mol. The molecule has 0 saturated carbocycles. The molecular weight excluding hydrogens is 408 g/mol. The Kier molecular flexibility index (Phi) is 6.84. The molecule has 2 N–H and O–H groups in total. The lowest BCUT2D eigenvalue weighted by atomic mass is 10.1. The summed E-state index contributed by atoms with van der Waals surface area (Å²) in [7, 11) is -2.05. The summed E-state index contributed by atoms with van der Waals surface area (Å²) in [6, 6.07) is 12.3. The van der Waals surface area contributed by atoms with Crippen LogP contribution in [0.3, 0.4) is 0 Å². The van der Waals surface area contributed by atoms with Crippen LogP contribution < -0.4 is 14.8 Å². The molecule has 30 heavy (non-hydrogen) atoms. The predicted octanol–water partition coefficient (Wildman–Crippen LogP) is 2.14. The molecule has 1 aliphatic heterocycles. The summed E-state index contributed by atoms with van der Waals surface area (Å²) in [6.45, 7) is 2.30. The molecule has 0 bridgehead atoms. The van der Waals surface area contributed by atoms with Crippen molar-refractivity contribution in [1.82, 2.24) is 9.62 Å². The van der Waals surface area contributed by atoms with E-state index in [2.05, 4.69) is 5.32 Å². The van der Waals surface area contributed by atoms with Gasteiger partial charge in [0.25, 0.3) is 5.91 Å². The van der Waals surface area contributed by atoms with Gasteiger partial charge in [-0.1, -0.05) is 0 Å². The topological polar surface area (TPSA) is 105 Å². The maximum atomic E-state index is 12.8. The third-order valence-corrected chi connectivity index (χ3v) is 6.93. The van der Waals surface area contributed by atoms with Crippen molar-refractivity contribution in [2.24, 2.45) is 0 Å². The van der Waals surface area contributed by atoms with Crippen LogP contribution in [0.5, 0.6) is 17.2 Å². The molecule has 0 aliphatic carbocycles. The highest BCUT2D eigenvalue weighted by molar-refractivity contribution is 7.89. The van der Waals surface area contributed by atoms with E-state index in [9.17, 15) is 18.3 Å². The number of carbonyl (C=O) groups is 1. The summed E-state index contributed by atoms with van der Waals surface area (Å²) in [5.74, 6) is 0.935. The highest BCUT2D eigenvalue weighted by Crippen LogP contribution is 2.23. The number of piperidine rings is 1. The molecule has 1 unspecified atom stereocenters. The van der Waals surface area contributed by atoms with E-state index in [1.54, 1.807) is 31.2 Å². The molecule has 1 aliphatic rings. The number of sulfonamides is 1. The van der Waals surface area contributed by atoms with Crippen LogP contribution in [0.4, 0.5) is 0 Å². The van der Waals surface area contributed by atoms with Crippen molar-refractivity contribution in [3.63, 3.8) is 0 Å². The van der Waals surface area contributed by atoms with E-state index in [0.717, 1.165) is 0 Å². The molecule has 2 aromatic carbocycles. The number of nitrogens with one attached hydrogen (secondary N) is 1. The fourth-order valence-corrected chi connectivity index (χ4v) is 4.71. The van der Waals surface area contributed by atoms with E-state index in [1.807, 2.05) is 0 Å². The number of aromatic hydroxyl groups is 1.